The Labute approximate surface area is 71.8 Å². The molecule has 1 unspecified atom stereocenters. The third-order valence-corrected chi connectivity index (χ3v) is 5.30. The molecule has 0 amide bonds. The Morgan fingerprint density at radius 2 is 2.00 bits per heavy atom. The summed E-state index contributed by atoms with van der Waals surface area (Å²) in [7, 11) is 0.189. The summed E-state index contributed by atoms with van der Waals surface area (Å²) in [6, 6.07) is 0. The van der Waals surface area contributed by atoms with Crippen LogP contribution in [0.25, 0.3) is 0 Å². The van der Waals surface area contributed by atoms with E-state index in [2.05, 4.69) is 19.3 Å². The Kier molecular flexibility index (Phi) is 4.15. The smallest absolute Gasteiger partial charge is 0.0175 e. The first-order valence-electron chi connectivity index (χ1n) is 4.76. The zero-order chi connectivity index (χ0) is 8.10. The summed E-state index contributed by atoms with van der Waals surface area (Å²) in [5.74, 6) is 2.23. The minimum absolute atomic E-state index is 0.189. The van der Waals surface area contributed by atoms with Crippen LogP contribution in [-0.4, -0.2) is 11.8 Å². The normalized spacial score (nSPS) is 23.0. The van der Waals surface area contributed by atoms with E-state index in [0.29, 0.717) is 0 Å². The summed E-state index contributed by atoms with van der Waals surface area (Å²) < 4.78 is 0. The average Bonchev–Trinajstić information content (AvgIpc) is 2.09. The zero-order valence-electron chi connectivity index (χ0n) is 7.55. The van der Waals surface area contributed by atoms with Crippen molar-refractivity contribution in [1.29, 1.82) is 0 Å². The summed E-state index contributed by atoms with van der Waals surface area (Å²) >= 11 is 0. The first kappa shape index (κ1) is 9.26. The van der Waals surface area contributed by atoms with E-state index in [4.69, 9.17) is 0 Å². The molecule has 0 radical (unpaired) electrons. The molecule has 11 heavy (non-hydrogen) atoms. The molecular formula is C10H19P. The molecule has 1 heteroatoms. The molecule has 0 aliphatic heterocycles. The van der Waals surface area contributed by atoms with Crippen LogP contribution in [0.3, 0.4) is 0 Å². The summed E-state index contributed by atoms with van der Waals surface area (Å²) in [4.78, 5) is 0. The molecule has 1 fully saturated rings. The lowest BCUT2D eigenvalue weighted by Crippen LogP contribution is -2.10. The third kappa shape index (κ3) is 2.60. The fourth-order valence-electron chi connectivity index (χ4n) is 1.95. The second kappa shape index (κ2) is 4.93. The van der Waals surface area contributed by atoms with Gasteiger partial charge in [-0.2, -0.15) is 0 Å². The Morgan fingerprint density at radius 3 is 2.45 bits per heavy atom. The average molecular weight is 170 g/mol. The van der Waals surface area contributed by atoms with Crippen LogP contribution in [0.5, 0.6) is 0 Å². The molecule has 0 spiro atoms. The van der Waals surface area contributed by atoms with Gasteiger partial charge in [-0.25, -0.2) is 0 Å². The highest BCUT2D eigenvalue weighted by atomic mass is 31.1. The van der Waals surface area contributed by atoms with Crippen molar-refractivity contribution < 1.29 is 0 Å². The molecule has 64 valence electrons. The Balaban J connectivity index is 2.35. The minimum atomic E-state index is 0.189. The second-order valence-corrected chi connectivity index (χ2v) is 6.06. The lowest BCUT2D eigenvalue weighted by Gasteiger charge is -2.27. The minimum Gasteiger partial charge on any atom is -0.0986 e. The van der Waals surface area contributed by atoms with Crippen LogP contribution in [0.1, 0.15) is 39.0 Å². The van der Waals surface area contributed by atoms with Gasteiger partial charge in [0.15, 0.2) is 0 Å². The second-order valence-electron chi connectivity index (χ2n) is 3.30. The van der Waals surface area contributed by atoms with E-state index < -0.39 is 0 Å². The van der Waals surface area contributed by atoms with Crippen molar-refractivity contribution in [2.75, 3.05) is 6.16 Å². The summed E-state index contributed by atoms with van der Waals surface area (Å²) in [5, 5.41) is 0. The van der Waals surface area contributed by atoms with Crippen LogP contribution in [0.15, 0.2) is 12.4 Å². The molecule has 0 heterocycles. The van der Waals surface area contributed by atoms with Gasteiger partial charge >= 0.3 is 0 Å². The van der Waals surface area contributed by atoms with Gasteiger partial charge in [0.2, 0.25) is 0 Å². The molecule has 1 aliphatic carbocycles. The lowest BCUT2D eigenvalue weighted by atomic mass is 10.0. The molecule has 0 nitrogen and oxygen atoms in total. The van der Waals surface area contributed by atoms with Crippen LogP contribution >= 0.6 is 7.92 Å². The molecule has 1 atom stereocenters. The first-order valence-corrected chi connectivity index (χ1v) is 6.43. The topological polar surface area (TPSA) is 0 Å². The van der Waals surface area contributed by atoms with Crippen molar-refractivity contribution in [1.82, 2.24) is 0 Å². The highest BCUT2D eigenvalue weighted by Gasteiger charge is 2.18. The van der Waals surface area contributed by atoms with Crippen LogP contribution in [0.4, 0.5) is 0 Å². The molecule has 0 aromatic heterocycles. The van der Waals surface area contributed by atoms with Gasteiger partial charge in [0.05, 0.1) is 0 Å². The predicted octanol–water partition coefficient (Wildman–Crippen LogP) is 3.96. The number of hydrogen-bond acceptors (Lipinski definition) is 0. The molecule has 1 rings (SSSR count). The van der Waals surface area contributed by atoms with E-state index in [0.717, 1.165) is 5.66 Å². The number of rotatable bonds is 3. The van der Waals surface area contributed by atoms with Gasteiger partial charge in [0.25, 0.3) is 0 Å². The van der Waals surface area contributed by atoms with E-state index in [1.807, 2.05) is 0 Å². The molecular weight excluding hydrogens is 151 g/mol. The summed E-state index contributed by atoms with van der Waals surface area (Å²) in [6.07, 6.45) is 8.72. The molecule has 0 aromatic carbocycles. The first-order chi connectivity index (χ1) is 5.38. The Hall–Kier alpha value is 0.170. The SMILES string of the molecule is C=CP(CC)C1CCCCC1. The van der Waals surface area contributed by atoms with E-state index in [1.165, 1.54) is 38.3 Å². The van der Waals surface area contributed by atoms with Gasteiger partial charge in [-0.15, -0.1) is 0 Å². The number of hydrogen-bond donors (Lipinski definition) is 0. The van der Waals surface area contributed by atoms with Crippen molar-refractivity contribution in [2.45, 2.75) is 44.7 Å². The highest BCUT2D eigenvalue weighted by Crippen LogP contribution is 2.47. The van der Waals surface area contributed by atoms with E-state index in [-0.39, 0.29) is 7.92 Å². The van der Waals surface area contributed by atoms with E-state index in [9.17, 15) is 0 Å². The molecule has 0 aromatic rings. The van der Waals surface area contributed by atoms with Crippen molar-refractivity contribution in [3.8, 4) is 0 Å². The van der Waals surface area contributed by atoms with Gasteiger partial charge in [-0.05, 0) is 24.7 Å². The van der Waals surface area contributed by atoms with Crippen molar-refractivity contribution >= 4 is 7.92 Å². The van der Waals surface area contributed by atoms with Crippen molar-refractivity contribution in [3.63, 3.8) is 0 Å². The zero-order valence-corrected chi connectivity index (χ0v) is 8.45. The summed E-state index contributed by atoms with van der Waals surface area (Å²) in [5.41, 5.74) is 1.03. The van der Waals surface area contributed by atoms with Crippen LogP contribution in [-0.2, 0) is 0 Å². The Morgan fingerprint density at radius 1 is 1.36 bits per heavy atom. The molecule has 0 bridgehead atoms. The van der Waals surface area contributed by atoms with Gasteiger partial charge < -0.3 is 0 Å². The van der Waals surface area contributed by atoms with Crippen LogP contribution < -0.4 is 0 Å². The van der Waals surface area contributed by atoms with E-state index >= 15 is 0 Å². The van der Waals surface area contributed by atoms with Gasteiger partial charge in [-0.1, -0.05) is 46.5 Å². The molecule has 0 saturated heterocycles. The highest BCUT2D eigenvalue weighted by molar-refractivity contribution is 7.61. The maximum Gasteiger partial charge on any atom is -0.0175 e. The maximum absolute atomic E-state index is 3.94. The lowest BCUT2D eigenvalue weighted by molar-refractivity contribution is 0.511. The molecule has 0 N–H and O–H groups in total. The Bertz CT molecular complexity index is 114. The van der Waals surface area contributed by atoms with Crippen molar-refractivity contribution in [3.05, 3.63) is 12.4 Å². The quantitative estimate of drug-likeness (QED) is 0.562. The van der Waals surface area contributed by atoms with Crippen molar-refractivity contribution in [2.24, 2.45) is 0 Å². The van der Waals surface area contributed by atoms with E-state index in [1.54, 1.807) is 0 Å². The van der Waals surface area contributed by atoms with Gasteiger partial charge in [-0.3, -0.25) is 0 Å². The van der Waals surface area contributed by atoms with Crippen LogP contribution in [0.2, 0.25) is 0 Å². The monoisotopic (exact) mass is 170 g/mol. The standard InChI is InChI=1S/C10H19P/c1-3-11(4-2)10-8-6-5-7-9-10/h3,10H,1,4-9H2,2H3. The maximum atomic E-state index is 3.94. The fraction of sp³-hybridized carbons (Fsp3) is 0.800. The molecule has 1 saturated carbocycles. The largest absolute Gasteiger partial charge is 0.0986 e. The van der Waals surface area contributed by atoms with Gasteiger partial charge in [0, 0.05) is 0 Å². The summed E-state index contributed by atoms with van der Waals surface area (Å²) in [6.45, 7) is 6.24. The third-order valence-electron chi connectivity index (χ3n) is 2.64. The van der Waals surface area contributed by atoms with Crippen LogP contribution in [0, 0.1) is 0 Å². The predicted molar refractivity (Wildman–Crippen MR) is 54.5 cm³/mol. The molecule has 1 aliphatic rings. The fourth-order valence-corrected chi connectivity index (χ4v) is 4.05. The van der Waals surface area contributed by atoms with Gasteiger partial charge in [0.1, 0.15) is 0 Å².